The maximum absolute atomic E-state index is 13.4. The lowest BCUT2D eigenvalue weighted by atomic mass is 9.92. The fourth-order valence-electron chi connectivity index (χ4n) is 4.32. The molecule has 0 unspecified atom stereocenters. The summed E-state index contributed by atoms with van der Waals surface area (Å²) in [5.74, 6) is -1.11. The van der Waals surface area contributed by atoms with E-state index < -0.39 is 51.1 Å². The summed E-state index contributed by atoms with van der Waals surface area (Å²) in [6.07, 6.45) is 0.100. The Morgan fingerprint density at radius 3 is 2.37 bits per heavy atom. The van der Waals surface area contributed by atoms with E-state index in [4.69, 9.17) is 13.7 Å². The van der Waals surface area contributed by atoms with E-state index in [1.165, 1.54) is 24.1 Å². The molecule has 11 heteroatoms. The van der Waals surface area contributed by atoms with Crippen molar-refractivity contribution in [1.29, 1.82) is 0 Å². The Kier molecular flexibility index (Phi) is 7.83. The fourth-order valence-corrected chi connectivity index (χ4v) is 5.66. The quantitative estimate of drug-likeness (QED) is 0.262. The van der Waals surface area contributed by atoms with Crippen LogP contribution in [0.25, 0.3) is 0 Å². The van der Waals surface area contributed by atoms with Crippen molar-refractivity contribution in [2.45, 2.75) is 62.7 Å². The zero-order valence-corrected chi connectivity index (χ0v) is 22.6. The lowest BCUT2D eigenvalue weighted by Gasteiger charge is -2.28. The maximum Gasteiger partial charge on any atom is 0.410 e. The zero-order valence-electron chi connectivity index (χ0n) is 20.2. The van der Waals surface area contributed by atoms with E-state index in [0.717, 1.165) is 0 Å². The van der Waals surface area contributed by atoms with Gasteiger partial charge in [0.05, 0.1) is 36.1 Å². The molecule has 2 aliphatic rings. The number of esters is 1. The van der Waals surface area contributed by atoms with Crippen LogP contribution in [0, 0.1) is 11.3 Å². The highest BCUT2D eigenvalue weighted by Crippen LogP contribution is 2.57. The average molecular weight is 572 g/mol. The summed E-state index contributed by atoms with van der Waals surface area (Å²) in [7, 11) is -2.89. The predicted molar refractivity (Wildman–Crippen MR) is 130 cm³/mol. The van der Waals surface area contributed by atoms with Crippen LogP contribution in [0.5, 0.6) is 0 Å². The van der Waals surface area contributed by atoms with E-state index in [1.54, 1.807) is 39.0 Å². The minimum Gasteiger partial charge on any atom is -0.469 e. The summed E-state index contributed by atoms with van der Waals surface area (Å²) < 4.78 is 42.1. The van der Waals surface area contributed by atoms with Gasteiger partial charge < -0.3 is 9.47 Å². The van der Waals surface area contributed by atoms with Gasteiger partial charge in [-0.2, -0.15) is 8.42 Å². The second-order valence-electron chi connectivity index (χ2n) is 9.85. The highest BCUT2D eigenvalue weighted by molar-refractivity contribution is 9.10. The molecule has 3 rings (SSSR count). The average Bonchev–Trinajstić information content (AvgIpc) is 3.31. The SMILES string of the molecule is C=C[C@@H]1C[C@]1(CC(=O)[C@@H]1C[C@H](OS(=O)(=O)c2ccc(Br)cc2)CN1C(=O)OC(C)(C)C)C(=O)OC. The number of rotatable bonds is 8. The minimum atomic E-state index is -4.15. The molecular weight excluding hydrogens is 542 g/mol. The van der Waals surface area contributed by atoms with E-state index in [0.29, 0.717) is 10.9 Å². The molecule has 1 saturated carbocycles. The van der Waals surface area contributed by atoms with E-state index in [2.05, 4.69) is 22.5 Å². The Morgan fingerprint density at radius 2 is 1.86 bits per heavy atom. The number of halogens is 1. The fraction of sp³-hybridized carbons (Fsp3) is 0.542. The van der Waals surface area contributed by atoms with Crippen molar-refractivity contribution < 1.29 is 36.5 Å². The number of carbonyl (C=O) groups is 3. The summed E-state index contributed by atoms with van der Waals surface area (Å²) in [4.78, 5) is 39.9. The lowest BCUT2D eigenvalue weighted by Crippen LogP contribution is -2.44. The zero-order chi connectivity index (χ0) is 26.2. The van der Waals surface area contributed by atoms with Crippen LogP contribution in [0.2, 0.25) is 0 Å². The first-order valence-electron chi connectivity index (χ1n) is 11.1. The third kappa shape index (κ3) is 6.13. The van der Waals surface area contributed by atoms with Crippen molar-refractivity contribution in [2.24, 2.45) is 11.3 Å². The van der Waals surface area contributed by atoms with E-state index in [-0.39, 0.29) is 30.2 Å². The van der Waals surface area contributed by atoms with Gasteiger partial charge in [0, 0.05) is 17.3 Å². The Balaban J connectivity index is 1.82. The third-order valence-corrected chi connectivity index (χ3v) is 8.03. The van der Waals surface area contributed by atoms with Crippen molar-refractivity contribution in [2.75, 3.05) is 13.7 Å². The molecule has 1 aromatic rings. The number of ether oxygens (including phenoxy) is 2. The molecule has 4 atom stereocenters. The van der Waals surface area contributed by atoms with Gasteiger partial charge in [0.2, 0.25) is 0 Å². The number of carbonyl (C=O) groups excluding carboxylic acids is 3. The number of Topliss-reactive ketones (excluding diaryl/α,β-unsaturated/α-hetero) is 1. The first-order valence-corrected chi connectivity index (χ1v) is 13.3. The standard InChI is InChI=1S/C24H30BrNO8S/c1-6-15-12-24(15,21(28)32-5)13-20(27)19-11-17(14-26(19)22(29)33-23(2,3)4)34-35(30,31)18-9-7-16(25)8-10-18/h6-10,15,17,19H,1,11-14H2,2-5H3/t15-,17+,19+,24-/m1/s1. The monoisotopic (exact) mass is 571 g/mol. The van der Waals surface area contributed by atoms with Crippen LogP contribution >= 0.6 is 15.9 Å². The van der Waals surface area contributed by atoms with Crippen molar-refractivity contribution >= 4 is 43.9 Å². The van der Waals surface area contributed by atoms with Gasteiger partial charge >= 0.3 is 12.1 Å². The number of allylic oxidation sites excluding steroid dienone is 1. The maximum atomic E-state index is 13.4. The predicted octanol–water partition coefficient (Wildman–Crippen LogP) is 3.86. The van der Waals surface area contributed by atoms with Gasteiger partial charge in [-0.15, -0.1) is 6.58 Å². The number of ketones is 1. The molecule has 0 radical (unpaired) electrons. The molecule has 0 N–H and O–H groups in total. The smallest absolute Gasteiger partial charge is 0.410 e. The summed E-state index contributed by atoms with van der Waals surface area (Å²) in [6, 6.07) is 4.92. The van der Waals surface area contributed by atoms with E-state index in [9.17, 15) is 22.8 Å². The lowest BCUT2D eigenvalue weighted by molar-refractivity contribution is -0.149. The Bertz CT molecular complexity index is 1110. The molecule has 2 fully saturated rings. The van der Waals surface area contributed by atoms with Crippen molar-refractivity contribution in [1.82, 2.24) is 4.90 Å². The number of nitrogens with zero attached hydrogens (tertiary/aromatic N) is 1. The van der Waals surface area contributed by atoms with Crippen LogP contribution in [0.15, 0.2) is 46.3 Å². The number of amides is 1. The van der Waals surface area contributed by atoms with Crippen molar-refractivity contribution in [3.05, 3.63) is 41.4 Å². The van der Waals surface area contributed by atoms with Crippen LogP contribution in [0.1, 0.15) is 40.0 Å². The molecule has 1 saturated heterocycles. The number of methoxy groups -OCH3 is 1. The van der Waals surface area contributed by atoms with Gasteiger partial charge in [0.25, 0.3) is 10.1 Å². The molecule has 1 aliphatic heterocycles. The number of benzene rings is 1. The molecule has 9 nitrogen and oxygen atoms in total. The number of likely N-dealkylation sites (tertiary alicyclic amines) is 1. The molecule has 0 bridgehead atoms. The summed E-state index contributed by atoms with van der Waals surface area (Å²) in [5, 5.41) is 0. The van der Waals surface area contributed by atoms with Gasteiger partial charge in [-0.25, -0.2) is 4.79 Å². The second-order valence-corrected chi connectivity index (χ2v) is 12.3. The van der Waals surface area contributed by atoms with Crippen LogP contribution in [-0.2, 0) is 33.4 Å². The number of hydrogen-bond acceptors (Lipinski definition) is 8. The van der Waals surface area contributed by atoms with E-state index in [1.807, 2.05) is 0 Å². The van der Waals surface area contributed by atoms with Gasteiger partial charge in [-0.1, -0.05) is 22.0 Å². The highest BCUT2D eigenvalue weighted by atomic mass is 79.9. The molecule has 1 amide bonds. The van der Waals surface area contributed by atoms with Crippen LogP contribution in [-0.4, -0.2) is 62.6 Å². The summed E-state index contributed by atoms with van der Waals surface area (Å²) >= 11 is 3.26. The van der Waals surface area contributed by atoms with Crippen LogP contribution < -0.4 is 0 Å². The molecule has 1 aromatic carbocycles. The molecule has 0 aromatic heterocycles. The topological polar surface area (TPSA) is 116 Å². The van der Waals surface area contributed by atoms with Gasteiger partial charge in [0.1, 0.15) is 5.60 Å². The first-order chi connectivity index (χ1) is 16.2. The van der Waals surface area contributed by atoms with E-state index >= 15 is 0 Å². The van der Waals surface area contributed by atoms with Gasteiger partial charge in [-0.05, 0) is 57.4 Å². The molecular formula is C24H30BrNO8S. The Morgan fingerprint density at radius 1 is 1.23 bits per heavy atom. The number of hydrogen-bond donors (Lipinski definition) is 0. The minimum absolute atomic E-state index is 0.0456. The molecule has 1 heterocycles. The normalized spacial score (nSPS) is 26.2. The summed E-state index contributed by atoms with van der Waals surface area (Å²) in [5.41, 5.74) is -1.85. The Hall–Kier alpha value is -2.24. The first kappa shape index (κ1) is 27.3. The Labute approximate surface area is 214 Å². The molecule has 0 spiro atoms. The summed E-state index contributed by atoms with van der Waals surface area (Å²) in [6.45, 7) is 8.63. The van der Waals surface area contributed by atoms with Gasteiger partial charge in [0.15, 0.2) is 5.78 Å². The van der Waals surface area contributed by atoms with Crippen LogP contribution in [0.4, 0.5) is 4.79 Å². The molecule has 35 heavy (non-hydrogen) atoms. The molecule has 192 valence electrons. The molecule has 1 aliphatic carbocycles. The second kappa shape index (κ2) is 10.0. The van der Waals surface area contributed by atoms with Crippen molar-refractivity contribution in [3.63, 3.8) is 0 Å². The van der Waals surface area contributed by atoms with Crippen LogP contribution in [0.3, 0.4) is 0 Å². The highest BCUT2D eigenvalue weighted by Gasteiger charge is 2.61. The van der Waals surface area contributed by atoms with Gasteiger partial charge in [-0.3, -0.25) is 18.7 Å². The largest absolute Gasteiger partial charge is 0.469 e. The third-order valence-electron chi connectivity index (χ3n) is 6.13. The van der Waals surface area contributed by atoms with Crippen molar-refractivity contribution in [3.8, 4) is 0 Å².